The number of nitrogens with one attached hydrogen (secondary N) is 2. The van der Waals surface area contributed by atoms with E-state index in [1.54, 1.807) is 30.3 Å². The van der Waals surface area contributed by atoms with Crippen LogP contribution in [0, 0.1) is 0 Å². The number of aromatic nitrogens is 1. The molecule has 0 unspecified atom stereocenters. The summed E-state index contributed by atoms with van der Waals surface area (Å²) in [5.41, 5.74) is 0.662. The van der Waals surface area contributed by atoms with Gasteiger partial charge in [0.05, 0.1) is 28.5 Å². The van der Waals surface area contributed by atoms with Crippen LogP contribution < -0.4 is 10.6 Å². The lowest BCUT2D eigenvalue weighted by molar-refractivity contribution is 0.0943. The van der Waals surface area contributed by atoms with E-state index in [4.69, 9.17) is 27.6 Å². The van der Waals surface area contributed by atoms with Crippen molar-refractivity contribution < 1.29 is 14.0 Å². The van der Waals surface area contributed by atoms with Crippen LogP contribution in [0.5, 0.6) is 0 Å². The number of nitrogens with zero attached hydrogens (tertiary/aromatic N) is 1. The Morgan fingerprint density at radius 3 is 2.50 bits per heavy atom. The second kappa shape index (κ2) is 8.03. The summed E-state index contributed by atoms with van der Waals surface area (Å²) in [5, 5.41) is 5.94. The largest absolute Gasteiger partial charge is 0.467 e. The normalized spacial score (nSPS) is 10.4. The molecule has 0 spiro atoms. The first-order valence-corrected chi connectivity index (χ1v) is 8.32. The minimum absolute atomic E-state index is 0.106. The van der Waals surface area contributed by atoms with Crippen LogP contribution in [0.3, 0.4) is 0 Å². The molecule has 2 amide bonds. The van der Waals surface area contributed by atoms with Crippen molar-refractivity contribution in [1.29, 1.82) is 0 Å². The van der Waals surface area contributed by atoms with Gasteiger partial charge in [-0.05, 0) is 36.4 Å². The fraction of sp³-hybridized carbons (Fsp3) is 0.0556. The van der Waals surface area contributed by atoms with Crippen LogP contribution >= 0.6 is 23.2 Å². The molecule has 0 aliphatic heterocycles. The Labute approximate surface area is 159 Å². The lowest BCUT2D eigenvalue weighted by Gasteiger charge is -2.10. The highest BCUT2D eigenvalue weighted by molar-refractivity contribution is 6.40. The topological polar surface area (TPSA) is 84.2 Å². The summed E-state index contributed by atoms with van der Waals surface area (Å²) in [7, 11) is 0. The third-order valence-corrected chi connectivity index (χ3v) is 4.09. The maximum absolute atomic E-state index is 12.4. The summed E-state index contributed by atoms with van der Waals surface area (Å²) in [6.45, 7) is 0.221. The van der Waals surface area contributed by atoms with Crippen LogP contribution in [-0.2, 0) is 6.54 Å². The number of para-hydroxylation sites is 1. The monoisotopic (exact) mass is 389 g/mol. The van der Waals surface area contributed by atoms with E-state index in [0.717, 1.165) is 0 Å². The molecule has 26 heavy (non-hydrogen) atoms. The number of pyridine rings is 1. The summed E-state index contributed by atoms with van der Waals surface area (Å²) in [4.78, 5) is 28.6. The fourth-order valence-corrected chi connectivity index (χ4v) is 2.66. The van der Waals surface area contributed by atoms with Gasteiger partial charge in [-0.15, -0.1) is 0 Å². The Hall–Kier alpha value is -2.83. The van der Waals surface area contributed by atoms with Gasteiger partial charge in [0.25, 0.3) is 11.8 Å². The second-order valence-electron chi connectivity index (χ2n) is 5.24. The van der Waals surface area contributed by atoms with Crippen LogP contribution in [0.25, 0.3) is 0 Å². The number of halogens is 2. The van der Waals surface area contributed by atoms with Crippen molar-refractivity contribution >= 4 is 40.7 Å². The number of amides is 2. The summed E-state index contributed by atoms with van der Waals surface area (Å²) in [6.07, 6.45) is 2.90. The third-order valence-electron chi connectivity index (χ3n) is 3.46. The van der Waals surface area contributed by atoms with Crippen molar-refractivity contribution in [2.75, 3.05) is 5.32 Å². The molecule has 132 valence electrons. The van der Waals surface area contributed by atoms with E-state index in [1.807, 2.05) is 0 Å². The molecule has 3 aromatic rings. The quantitative estimate of drug-likeness (QED) is 0.685. The van der Waals surface area contributed by atoms with E-state index >= 15 is 0 Å². The molecule has 0 atom stereocenters. The summed E-state index contributed by atoms with van der Waals surface area (Å²) in [5.74, 6) is -0.269. The molecule has 8 heteroatoms. The average molecular weight is 390 g/mol. The van der Waals surface area contributed by atoms with Crippen molar-refractivity contribution in [2.24, 2.45) is 0 Å². The van der Waals surface area contributed by atoms with Gasteiger partial charge in [0.15, 0.2) is 0 Å². The van der Waals surface area contributed by atoms with Crippen LogP contribution in [-0.4, -0.2) is 16.8 Å². The lowest BCUT2D eigenvalue weighted by Crippen LogP contribution is -2.24. The molecule has 2 aromatic heterocycles. The molecule has 0 saturated heterocycles. The number of carbonyl (C=O) groups is 2. The number of anilines is 1. The average Bonchev–Trinajstić information content (AvgIpc) is 3.16. The van der Waals surface area contributed by atoms with Gasteiger partial charge in [-0.2, -0.15) is 0 Å². The first-order chi connectivity index (χ1) is 12.5. The van der Waals surface area contributed by atoms with E-state index in [2.05, 4.69) is 15.6 Å². The van der Waals surface area contributed by atoms with Crippen molar-refractivity contribution in [3.05, 3.63) is 82.0 Å². The van der Waals surface area contributed by atoms with E-state index in [-0.39, 0.29) is 17.8 Å². The van der Waals surface area contributed by atoms with Gasteiger partial charge in [0.2, 0.25) is 0 Å². The molecule has 0 saturated carbocycles. The molecule has 2 heterocycles. The third kappa shape index (κ3) is 4.22. The zero-order valence-corrected chi connectivity index (χ0v) is 14.8. The van der Waals surface area contributed by atoms with Gasteiger partial charge >= 0.3 is 0 Å². The van der Waals surface area contributed by atoms with E-state index < -0.39 is 11.8 Å². The molecular weight excluding hydrogens is 377 g/mol. The van der Waals surface area contributed by atoms with E-state index in [1.165, 1.54) is 24.6 Å². The summed E-state index contributed by atoms with van der Waals surface area (Å²) >= 11 is 12.1. The van der Waals surface area contributed by atoms with Crippen LogP contribution in [0.15, 0.2) is 59.3 Å². The smallest absolute Gasteiger partial charge is 0.270 e. The van der Waals surface area contributed by atoms with Gasteiger partial charge in [0.1, 0.15) is 11.5 Å². The molecule has 0 bridgehead atoms. The Morgan fingerprint density at radius 2 is 1.81 bits per heavy atom. The predicted molar refractivity (Wildman–Crippen MR) is 98.5 cm³/mol. The van der Waals surface area contributed by atoms with Crippen molar-refractivity contribution in [3.8, 4) is 0 Å². The number of carbonyl (C=O) groups excluding carboxylic acids is 2. The van der Waals surface area contributed by atoms with Crippen LogP contribution in [0.4, 0.5) is 5.69 Å². The molecule has 2 N–H and O–H groups in total. The first-order valence-electron chi connectivity index (χ1n) is 7.56. The zero-order valence-electron chi connectivity index (χ0n) is 13.3. The van der Waals surface area contributed by atoms with Crippen molar-refractivity contribution in [1.82, 2.24) is 10.3 Å². The van der Waals surface area contributed by atoms with Crippen molar-refractivity contribution in [3.63, 3.8) is 0 Å². The summed E-state index contributed by atoms with van der Waals surface area (Å²) < 4.78 is 5.15. The Balaban J connectivity index is 1.72. The number of hydrogen-bond donors (Lipinski definition) is 2. The fourth-order valence-electron chi connectivity index (χ4n) is 2.17. The summed E-state index contributed by atoms with van der Waals surface area (Å²) in [6, 6.07) is 11.2. The minimum atomic E-state index is -0.456. The Kier molecular flexibility index (Phi) is 5.55. The number of rotatable bonds is 5. The highest BCUT2D eigenvalue weighted by atomic mass is 35.5. The van der Waals surface area contributed by atoms with E-state index in [0.29, 0.717) is 21.5 Å². The van der Waals surface area contributed by atoms with Gasteiger partial charge in [-0.25, -0.2) is 0 Å². The van der Waals surface area contributed by atoms with Gasteiger partial charge < -0.3 is 15.1 Å². The molecule has 6 nitrogen and oxygen atoms in total. The van der Waals surface area contributed by atoms with Gasteiger partial charge in [-0.3, -0.25) is 14.6 Å². The second-order valence-corrected chi connectivity index (χ2v) is 6.06. The number of hydrogen-bond acceptors (Lipinski definition) is 4. The van der Waals surface area contributed by atoms with Gasteiger partial charge in [-0.1, -0.05) is 29.3 Å². The Bertz CT molecular complexity index is 922. The standard InChI is InChI=1S/C18H13Cl2N3O3/c19-13-4-1-5-14(20)16(13)23-17(24)11-6-7-21-15(9-11)18(25)22-10-12-3-2-8-26-12/h1-9H,10H2,(H,22,25)(H,23,24). The number of furan rings is 1. The number of benzene rings is 1. The van der Waals surface area contributed by atoms with Gasteiger partial charge in [0, 0.05) is 11.8 Å². The maximum Gasteiger partial charge on any atom is 0.270 e. The SMILES string of the molecule is O=C(Nc1c(Cl)cccc1Cl)c1ccnc(C(=O)NCc2ccco2)c1. The predicted octanol–water partition coefficient (Wildman–Crippen LogP) is 4.16. The van der Waals surface area contributed by atoms with E-state index in [9.17, 15) is 9.59 Å². The molecule has 0 aliphatic rings. The highest BCUT2D eigenvalue weighted by Crippen LogP contribution is 2.30. The maximum atomic E-state index is 12.4. The Morgan fingerprint density at radius 1 is 1.04 bits per heavy atom. The molecular formula is C18H13Cl2N3O3. The van der Waals surface area contributed by atoms with Crippen LogP contribution in [0.2, 0.25) is 10.0 Å². The zero-order chi connectivity index (χ0) is 18.5. The molecule has 3 rings (SSSR count). The molecule has 1 aromatic carbocycles. The molecule has 0 fully saturated rings. The molecule has 0 aliphatic carbocycles. The first kappa shape index (κ1) is 18.0. The minimum Gasteiger partial charge on any atom is -0.467 e. The van der Waals surface area contributed by atoms with Crippen LogP contribution in [0.1, 0.15) is 26.6 Å². The lowest BCUT2D eigenvalue weighted by atomic mass is 10.2. The highest BCUT2D eigenvalue weighted by Gasteiger charge is 2.14. The van der Waals surface area contributed by atoms with Crippen molar-refractivity contribution in [2.45, 2.75) is 6.54 Å². The molecule has 0 radical (unpaired) electrons.